The van der Waals surface area contributed by atoms with Gasteiger partial charge in [0.1, 0.15) is 0 Å². The molecule has 0 bridgehead atoms. The lowest BCUT2D eigenvalue weighted by molar-refractivity contribution is -0.138. The van der Waals surface area contributed by atoms with Crippen molar-refractivity contribution < 1.29 is 27.9 Å². The summed E-state index contributed by atoms with van der Waals surface area (Å²) in [5.41, 5.74) is 3.00. The van der Waals surface area contributed by atoms with E-state index in [4.69, 9.17) is 5.11 Å². The molecule has 3 aromatic carbocycles. The number of halogens is 3. The molecule has 1 fully saturated rings. The highest BCUT2D eigenvalue weighted by Gasteiger charge is 2.32. The number of carbonyl (C=O) groups excluding carboxylic acids is 1. The predicted molar refractivity (Wildman–Crippen MR) is 178 cm³/mol. The lowest BCUT2D eigenvalue weighted by atomic mass is 10.0. The number of hydrogen-bond donors (Lipinski definition) is 2. The molecule has 1 aliphatic heterocycles. The molecule has 5 rings (SSSR count). The third-order valence-corrected chi connectivity index (χ3v) is 8.83. The molecule has 47 heavy (non-hydrogen) atoms. The number of aromatic nitrogens is 2. The number of carboxylic acids is 1. The summed E-state index contributed by atoms with van der Waals surface area (Å²) in [6, 6.07) is 22.2. The highest BCUT2D eigenvalue weighted by molar-refractivity contribution is 7.98. The Bertz CT molecular complexity index is 1660. The van der Waals surface area contributed by atoms with Crippen LogP contribution in [0.4, 0.5) is 24.8 Å². The Morgan fingerprint density at radius 2 is 1.66 bits per heavy atom. The quantitative estimate of drug-likeness (QED) is 0.141. The molecule has 1 amide bonds. The summed E-state index contributed by atoms with van der Waals surface area (Å²) in [5, 5.41) is 15.7. The number of para-hydroxylation sites is 1. The fraction of sp³-hybridized carbons (Fsp3) is 0.314. The van der Waals surface area contributed by atoms with Crippen molar-refractivity contribution in [2.45, 2.75) is 44.0 Å². The van der Waals surface area contributed by atoms with Gasteiger partial charge < -0.3 is 10.4 Å². The normalized spacial score (nSPS) is 13.7. The second kappa shape index (κ2) is 15.9. The highest BCUT2D eigenvalue weighted by Crippen LogP contribution is 2.34. The molecule has 0 saturated carbocycles. The van der Waals surface area contributed by atoms with E-state index in [1.54, 1.807) is 35.5 Å². The van der Waals surface area contributed by atoms with Crippen LogP contribution >= 0.6 is 11.8 Å². The molecule has 2 N–H and O–H groups in total. The Morgan fingerprint density at radius 1 is 0.936 bits per heavy atom. The molecule has 246 valence electrons. The number of nitrogens with one attached hydrogen (secondary N) is 1. The van der Waals surface area contributed by atoms with Gasteiger partial charge in [-0.1, -0.05) is 55.0 Å². The van der Waals surface area contributed by atoms with Crippen molar-refractivity contribution >= 4 is 35.3 Å². The monoisotopic (exact) mass is 663 g/mol. The zero-order valence-electron chi connectivity index (χ0n) is 25.7. The summed E-state index contributed by atoms with van der Waals surface area (Å²) in [5.74, 6) is 0.438. The number of carboxylic acid groups (broad SMARTS) is 1. The maximum absolute atomic E-state index is 14.2. The Morgan fingerprint density at radius 3 is 2.40 bits per heavy atom. The second-order valence-corrected chi connectivity index (χ2v) is 12.2. The third-order valence-electron chi connectivity index (χ3n) is 7.80. The minimum atomic E-state index is -4.43. The van der Waals surface area contributed by atoms with Crippen molar-refractivity contribution in [2.75, 3.05) is 35.7 Å². The molecule has 1 aromatic heterocycles. The zero-order chi connectivity index (χ0) is 33.2. The number of carbonyl (C=O) groups is 2. The van der Waals surface area contributed by atoms with Gasteiger partial charge in [-0.3, -0.25) is 9.59 Å². The number of amides is 1. The summed E-state index contributed by atoms with van der Waals surface area (Å²) in [7, 11) is 0. The van der Waals surface area contributed by atoms with Crippen molar-refractivity contribution in [3.05, 3.63) is 107 Å². The van der Waals surface area contributed by atoms with E-state index in [-0.39, 0.29) is 36.8 Å². The minimum Gasteiger partial charge on any atom is -0.481 e. The molecule has 0 spiro atoms. The molecule has 4 aromatic rings. The number of hydrazine groups is 1. The van der Waals surface area contributed by atoms with Crippen molar-refractivity contribution in [2.24, 2.45) is 0 Å². The van der Waals surface area contributed by atoms with Crippen LogP contribution in [-0.4, -0.2) is 57.3 Å². The van der Waals surface area contributed by atoms with E-state index < -0.39 is 17.7 Å². The molecule has 0 aliphatic carbocycles. The van der Waals surface area contributed by atoms with Gasteiger partial charge in [-0.15, -0.1) is 0 Å². The Hall–Kier alpha value is -4.42. The molecule has 2 heterocycles. The lowest BCUT2D eigenvalue weighted by Gasteiger charge is -2.38. The average molecular weight is 664 g/mol. The van der Waals surface area contributed by atoms with E-state index in [2.05, 4.69) is 20.3 Å². The van der Waals surface area contributed by atoms with Gasteiger partial charge in [0.05, 0.1) is 23.4 Å². The van der Waals surface area contributed by atoms with Crippen LogP contribution in [0.2, 0.25) is 0 Å². The first-order chi connectivity index (χ1) is 22.7. The summed E-state index contributed by atoms with van der Waals surface area (Å²) >= 11 is 1.53. The smallest absolute Gasteiger partial charge is 0.416 e. The number of anilines is 2. The molecule has 0 atom stereocenters. The van der Waals surface area contributed by atoms with Crippen LogP contribution in [-0.2, 0) is 23.1 Å². The third kappa shape index (κ3) is 9.11. The van der Waals surface area contributed by atoms with Gasteiger partial charge in [0, 0.05) is 48.5 Å². The van der Waals surface area contributed by atoms with Crippen molar-refractivity contribution in [3.63, 3.8) is 0 Å². The molecule has 8 nitrogen and oxygen atoms in total. The maximum Gasteiger partial charge on any atom is 0.416 e. The number of hydrogen-bond acceptors (Lipinski definition) is 7. The number of alkyl halides is 3. The summed E-state index contributed by atoms with van der Waals surface area (Å²) < 4.78 is 40.3. The first kappa shape index (κ1) is 33.9. The Kier molecular flexibility index (Phi) is 11.5. The van der Waals surface area contributed by atoms with Crippen LogP contribution in [0.1, 0.15) is 52.7 Å². The van der Waals surface area contributed by atoms with Crippen LogP contribution in [0.5, 0.6) is 0 Å². The van der Waals surface area contributed by atoms with E-state index >= 15 is 0 Å². The van der Waals surface area contributed by atoms with E-state index in [1.165, 1.54) is 23.9 Å². The standard InChI is InChI=1S/C35H36F3N5O3S/c36-35(37,38)29-10-4-2-8-26(29)16-19-39-34-40-20-17-30(41-34)28-9-3-5-11-31(28)43(42-21-6-1-7-22-42)33(46)27-14-12-25(13-15-27)24-47-23-18-32(44)45/h2-5,8-15,17,20H,1,6-7,16,18-19,21-24H2,(H,44,45)(H,39,40,41). The van der Waals surface area contributed by atoms with Gasteiger partial charge in [-0.25, -0.2) is 20.0 Å². The van der Waals surface area contributed by atoms with Crippen molar-refractivity contribution in [3.8, 4) is 11.3 Å². The van der Waals surface area contributed by atoms with Crippen LogP contribution in [0.15, 0.2) is 85.1 Å². The van der Waals surface area contributed by atoms with E-state index in [1.807, 2.05) is 36.4 Å². The molecule has 0 unspecified atom stereocenters. The van der Waals surface area contributed by atoms with Crippen molar-refractivity contribution in [1.29, 1.82) is 0 Å². The van der Waals surface area contributed by atoms with Gasteiger partial charge >= 0.3 is 12.1 Å². The van der Waals surface area contributed by atoms with Gasteiger partial charge in [-0.2, -0.15) is 24.9 Å². The minimum absolute atomic E-state index is 0.103. The fourth-order valence-electron chi connectivity index (χ4n) is 5.48. The number of piperidine rings is 1. The molecule has 1 saturated heterocycles. The fourth-order valence-corrected chi connectivity index (χ4v) is 6.37. The number of benzene rings is 3. The first-order valence-corrected chi connectivity index (χ1v) is 16.7. The van der Waals surface area contributed by atoms with Gasteiger partial charge in [0.2, 0.25) is 5.95 Å². The predicted octanol–water partition coefficient (Wildman–Crippen LogP) is 7.57. The van der Waals surface area contributed by atoms with Gasteiger partial charge in [-0.05, 0) is 60.7 Å². The van der Waals surface area contributed by atoms with Crippen LogP contribution < -0.4 is 10.3 Å². The maximum atomic E-state index is 14.2. The average Bonchev–Trinajstić information content (AvgIpc) is 3.08. The molecule has 12 heteroatoms. The van der Waals surface area contributed by atoms with Crippen LogP contribution in [0.25, 0.3) is 11.3 Å². The molecule has 1 aliphatic rings. The first-order valence-electron chi connectivity index (χ1n) is 15.5. The number of aliphatic carboxylic acids is 1. The van der Waals surface area contributed by atoms with Gasteiger partial charge in [0.25, 0.3) is 5.91 Å². The molecular formula is C35H36F3N5O3S. The largest absolute Gasteiger partial charge is 0.481 e. The van der Waals surface area contributed by atoms with Crippen molar-refractivity contribution in [1.82, 2.24) is 15.0 Å². The second-order valence-electron chi connectivity index (χ2n) is 11.1. The highest BCUT2D eigenvalue weighted by atomic mass is 32.2. The summed E-state index contributed by atoms with van der Waals surface area (Å²) in [6.45, 7) is 1.63. The topological polar surface area (TPSA) is 98.7 Å². The Balaban J connectivity index is 1.36. The Labute approximate surface area is 276 Å². The van der Waals surface area contributed by atoms with Crippen LogP contribution in [0, 0.1) is 0 Å². The molecular weight excluding hydrogens is 627 g/mol. The SMILES string of the molecule is O=C(O)CCSCc1ccc(C(=O)N(c2ccccc2-c2ccnc(NCCc3ccccc3C(F)(F)F)n2)N2CCCCC2)cc1. The van der Waals surface area contributed by atoms with E-state index in [9.17, 15) is 22.8 Å². The van der Waals surface area contributed by atoms with Gasteiger partial charge in [0.15, 0.2) is 0 Å². The van der Waals surface area contributed by atoms with E-state index in [0.29, 0.717) is 47.1 Å². The van der Waals surface area contributed by atoms with Crippen LogP contribution in [0.3, 0.4) is 0 Å². The number of nitrogens with zero attached hydrogens (tertiary/aromatic N) is 4. The zero-order valence-corrected chi connectivity index (χ0v) is 26.6. The molecule has 0 radical (unpaired) electrons. The number of rotatable bonds is 13. The lowest BCUT2D eigenvalue weighted by Crippen LogP contribution is -2.49. The summed E-state index contributed by atoms with van der Waals surface area (Å²) in [6.07, 6.45) is 0.394. The summed E-state index contributed by atoms with van der Waals surface area (Å²) in [4.78, 5) is 34.0. The number of thioether (sulfide) groups is 1. The van der Waals surface area contributed by atoms with E-state index in [0.717, 1.165) is 30.9 Å².